The van der Waals surface area contributed by atoms with Crippen molar-refractivity contribution in [2.75, 3.05) is 32.6 Å². The van der Waals surface area contributed by atoms with Gasteiger partial charge in [-0.3, -0.25) is 9.59 Å². The molecule has 1 unspecified atom stereocenters. The standard InChI is InChI=1S/C22H26ClN3O3/c1-26(2)13-4-14-29-16-9-7-15(8-10-16)24-21(27)22(28)25-20-12-11-17-18(20)5-3-6-19(17)23/h3,5-10,20H,4,11-14H2,1-2H3,(H,24,27)(H,25,28). The van der Waals surface area contributed by atoms with Crippen molar-refractivity contribution in [3.63, 3.8) is 0 Å². The van der Waals surface area contributed by atoms with Gasteiger partial charge in [0, 0.05) is 17.3 Å². The molecule has 2 N–H and O–H groups in total. The fraction of sp³-hybridized carbons (Fsp3) is 0.364. The van der Waals surface area contributed by atoms with Crippen LogP contribution in [0.3, 0.4) is 0 Å². The molecule has 1 aliphatic rings. The van der Waals surface area contributed by atoms with E-state index in [0.717, 1.165) is 42.7 Å². The van der Waals surface area contributed by atoms with Gasteiger partial charge < -0.3 is 20.3 Å². The van der Waals surface area contributed by atoms with Gasteiger partial charge >= 0.3 is 11.8 Å². The fourth-order valence-electron chi connectivity index (χ4n) is 3.38. The lowest BCUT2D eigenvalue weighted by atomic mass is 10.1. The summed E-state index contributed by atoms with van der Waals surface area (Å²) in [5.41, 5.74) is 2.57. The summed E-state index contributed by atoms with van der Waals surface area (Å²) >= 11 is 6.20. The zero-order valence-corrected chi connectivity index (χ0v) is 17.5. The third kappa shape index (κ3) is 5.71. The van der Waals surface area contributed by atoms with Crippen LogP contribution in [0.4, 0.5) is 5.69 Å². The Hall–Kier alpha value is -2.57. The Kier molecular flexibility index (Phi) is 7.12. The minimum Gasteiger partial charge on any atom is -0.494 e. The highest BCUT2D eigenvalue weighted by atomic mass is 35.5. The second-order valence-corrected chi connectivity index (χ2v) is 7.76. The quantitative estimate of drug-likeness (QED) is 0.537. The molecular formula is C22H26ClN3O3. The first-order valence-electron chi connectivity index (χ1n) is 9.71. The largest absolute Gasteiger partial charge is 0.494 e. The van der Waals surface area contributed by atoms with E-state index in [0.29, 0.717) is 17.3 Å². The van der Waals surface area contributed by atoms with Crippen molar-refractivity contribution >= 4 is 29.1 Å². The molecule has 3 rings (SSSR count). The highest BCUT2D eigenvalue weighted by Crippen LogP contribution is 2.35. The van der Waals surface area contributed by atoms with Crippen LogP contribution in [-0.4, -0.2) is 44.0 Å². The number of carbonyl (C=O) groups is 2. The number of fused-ring (bicyclic) bond motifs is 1. The maximum Gasteiger partial charge on any atom is 0.313 e. The lowest BCUT2D eigenvalue weighted by Crippen LogP contribution is -2.37. The summed E-state index contributed by atoms with van der Waals surface area (Å²) in [5, 5.41) is 6.12. The predicted molar refractivity (Wildman–Crippen MR) is 114 cm³/mol. The molecule has 29 heavy (non-hydrogen) atoms. The number of carbonyl (C=O) groups excluding carboxylic acids is 2. The number of nitrogens with one attached hydrogen (secondary N) is 2. The summed E-state index contributed by atoms with van der Waals surface area (Å²) < 4.78 is 5.67. The summed E-state index contributed by atoms with van der Waals surface area (Å²) in [4.78, 5) is 26.7. The molecule has 0 heterocycles. The van der Waals surface area contributed by atoms with Crippen molar-refractivity contribution in [1.82, 2.24) is 10.2 Å². The molecule has 1 atom stereocenters. The van der Waals surface area contributed by atoms with Crippen LogP contribution >= 0.6 is 11.6 Å². The second kappa shape index (κ2) is 9.76. The van der Waals surface area contributed by atoms with Crippen LogP contribution < -0.4 is 15.4 Å². The third-order valence-electron chi connectivity index (χ3n) is 4.86. The number of hydrogen-bond donors (Lipinski definition) is 2. The lowest BCUT2D eigenvalue weighted by Gasteiger charge is -2.14. The minimum atomic E-state index is -0.694. The van der Waals surface area contributed by atoms with Gasteiger partial charge in [-0.25, -0.2) is 0 Å². The van der Waals surface area contributed by atoms with Crippen LogP contribution in [0, 0.1) is 0 Å². The summed E-state index contributed by atoms with van der Waals surface area (Å²) in [6.45, 7) is 1.58. The maximum atomic E-state index is 12.3. The van der Waals surface area contributed by atoms with Crippen molar-refractivity contribution in [3.8, 4) is 5.75 Å². The van der Waals surface area contributed by atoms with E-state index in [1.807, 2.05) is 32.3 Å². The van der Waals surface area contributed by atoms with Crippen LogP contribution in [-0.2, 0) is 16.0 Å². The molecule has 0 saturated heterocycles. The van der Waals surface area contributed by atoms with Crippen molar-refractivity contribution in [2.45, 2.75) is 25.3 Å². The average Bonchev–Trinajstić information content (AvgIpc) is 3.10. The Balaban J connectivity index is 1.49. The highest BCUT2D eigenvalue weighted by molar-refractivity contribution is 6.39. The number of halogens is 1. The minimum absolute atomic E-state index is 0.195. The van der Waals surface area contributed by atoms with Crippen LogP contribution in [0.25, 0.3) is 0 Å². The first-order chi connectivity index (χ1) is 13.9. The van der Waals surface area contributed by atoms with Crippen molar-refractivity contribution in [3.05, 3.63) is 58.6 Å². The van der Waals surface area contributed by atoms with Gasteiger partial charge in [0.05, 0.1) is 12.6 Å². The van der Waals surface area contributed by atoms with Crippen LogP contribution in [0.1, 0.15) is 30.0 Å². The van der Waals surface area contributed by atoms with Crippen LogP contribution in [0.15, 0.2) is 42.5 Å². The number of anilines is 1. The number of nitrogens with zero attached hydrogens (tertiary/aromatic N) is 1. The Morgan fingerprint density at radius 2 is 1.90 bits per heavy atom. The molecule has 0 radical (unpaired) electrons. The Bertz CT molecular complexity index is 868. The number of amides is 2. The van der Waals surface area contributed by atoms with Gasteiger partial charge in [-0.15, -0.1) is 0 Å². The predicted octanol–water partition coefficient (Wildman–Crippen LogP) is 3.41. The third-order valence-corrected chi connectivity index (χ3v) is 5.21. The second-order valence-electron chi connectivity index (χ2n) is 7.36. The topological polar surface area (TPSA) is 70.7 Å². The van der Waals surface area contributed by atoms with Gasteiger partial charge in [0.25, 0.3) is 0 Å². The first-order valence-corrected chi connectivity index (χ1v) is 10.1. The molecule has 0 spiro atoms. The van der Waals surface area contributed by atoms with Gasteiger partial charge in [-0.2, -0.15) is 0 Å². The summed E-state index contributed by atoms with van der Waals surface area (Å²) in [7, 11) is 4.04. The molecular weight excluding hydrogens is 390 g/mol. The number of ether oxygens (including phenoxy) is 1. The zero-order valence-electron chi connectivity index (χ0n) is 16.7. The Morgan fingerprint density at radius 3 is 2.62 bits per heavy atom. The van der Waals surface area contributed by atoms with Crippen molar-refractivity contribution < 1.29 is 14.3 Å². The van der Waals surface area contributed by atoms with E-state index in [4.69, 9.17) is 16.3 Å². The van der Waals surface area contributed by atoms with Gasteiger partial charge in [0.15, 0.2) is 0 Å². The number of benzene rings is 2. The monoisotopic (exact) mass is 415 g/mol. The van der Waals surface area contributed by atoms with E-state index >= 15 is 0 Å². The molecule has 2 aromatic rings. The molecule has 0 aliphatic heterocycles. The van der Waals surface area contributed by atoms with Gasteiger partial charge in [-0.1, -0.05) is 23.7 Å². The van der Waals surface area contributed by atoms with E-state index in [9.17, 15) is 9.59 Å². The summed E-state index contributed by atoms with van der Waals surface area (Å²) in [6, 6.07) is 12.4. The molecule has 0 fully saturated rings. The molecule has 2 aromatic carbocycles. The van der Waals surface area contributed by atoms with Crippen molar-refractivity contribution in [2.24, 2.45) is 0 Å². The molecule has 2 amide bonds. The van der Waals surface area contributed by atoms with Gasteiger partial charge in [0.2, 0.25) is 0 Å². The Morgan fingerprint density at radius 1 is 1.14 bits per heavy atom. The van der Waals surface area contributed by atoms with Crippen LogP contribution in [0.2, 0.25) is 5.02 Å². The highest BCUT2D eigenvalue weighted by Gasteiger charge is 2.27. The zero-order chi connectivity index (χ0) is 20.8. The van der Waals surface area contributed by atoms with E-state index < -0.39 is 11.8 Å². The number of hydrogen-bond acceptors (Lipinski definition) is 4. The normalized spacial score (nSPS) is 15.1. The smallest absolute Gasteiger partial charge is 0.313 e. The molecule has 0 saturated carbocycles. The molecule has 0 bridgehead atoms. The van der Waals surface area contributed by atoms with E-state index in [1.165, 1.54) is 0 Å². The van der Waals surface area contributed by atoms with Crippen molar-refractivity contribution in [1.29, 1.82) is 0 Å². The summed E-state index contributed by atoms with van der Waals surface area (Å²) in [5.74, 6) is -0.627. The molecule has 7 heteroatoms. The molecule has 1 aliphatic carbocycles. The maximum absolute atomic E-state index is 12.3. The van der Waals surface area contributed by atoms with E-state index in [-0.39, 0.29) is 6.04 Å². The van der Waals surface area contributed by atoms with Gasteiger partial charge in [-0.05, 0) is 74.8 Å². The lowest BCUT2D eigenvalue weighted by molar-refractivity contribution is -0.136. The summed E-state index contributed by atoms with van der Waals surface area (Å²) in [6.07, 6.45) is 2.46. The SMILES string of the molecule is CN(C)CCCOc1ccc(NC(=O)C(=O)NC2CCc3c(Cl)cccc32)cc1. The number of rotatable bonds is 7. The molecule has 6 nitrogen and oxygen atoms in total. The fourth-order valence-corrected chi connectivity index (χ4v) is 3.65. The van der Waals surface area contributed by atoms with Crippen LogP contribution in [0.5, 0.6) is 5.75 Å². The average molecular weight is 416 g/mol. The van der Waals surface area contributed by atoms with E-state index in [1.54, 1.807) is 24.3 Å². The first kappa shape index (κ1) is 21.1. The van der Waals surface area contributed by atoms with E-state index in [2.05, 4.69) is 15.5 Å². The molecule has 154 valence electrons. The van der Waals surface area contributed by atoms with Gasteiger partial charge in [0.1, 0.15) is 5.75 Å². The Labute approximate surface area is 176 Å². The molecule has 0 aromatic heterocycles.